The Balaban J connectivity index is 1.66. The van der Waals surface area contributed by atoms with Gasteiger partial charge in [0, 0.05) is 22.8 Å². The highest BCUT2D eigenvalue weighted by molar-refractivity contribution is 9.10. The first kappa shape index (κ1) is 24.8. The molecule has 0 saturated heterocycles. The number of carbonyl (C=O) groups excluding carboxylic acids is 2. The molecule has 6 heteroatoms. The number of benzene rings is 2. The molecule has 2 aromatic carbocycles. The lowest BCUT2D eigenvalue weighted by atomic mass is 9.95. The van der Waals surface area contributed by atoms with Crippen molar-refractivity contribution in [2.24, 2.45) is 0 Å². The molecule has 1 aliphatic carbocycles. The van der Waals surface area contributed by atoms with Crippen molar-refractivity contribution in [2.75, 3.05) is 5.75 Å². The number of carbonyl (C=O) groups is 2. The van der Waals surface area contributed by atoms with E-state index < -0.39 is 6.04 Å². The Hall–Kier alpha value is -1.79. The Labute approximate surface area is 204 Å². The summed E-state index contributed by atoms with van der Waals surface area (Å²) in [5.74, 6) is 1.13. The predicted octanol–water partition coefficient (Wildman–Crippen LogP) is 5.94. The summed E-state index contributed by atoms with van der Waals surface area (Å²) < 4.78 is 1.05. The molecular weight excluding hydrogens is 484 g/mol. The molecule has 1 fully saturated rings. The maximum atomic E-state index is 13.3. The van der Waals surface area contributed by atoms with Gasteiger partial charge in [-0.1, -0.05) is 84.6 Å². The Morgan fingerprint density at radius 2 is 1.72 bits per heavy atom. The number of amides is 2. The summed E-state index contributed by atoms with van der Waals surface area (Å²) in [6, 6.07) is 17.9. The number of hydrogen-bond donors (Lipinski definition) is 1. The van der Waals surface area contributed by atoms with E-state index in [1.165, 1.54) is 24.8 Å². The number of halogens is 1. The molecule has 1 N–H and O–H groups in total. The first-order chi connectivity index (χ1) is 15.6. The summed E-state index contributed by atoms with van der Waals surface area (Å²) in [5, 5.41) is 3.23. The summed E-state index contributed by atoms with van der Waals surface area (Å²) in [5.41, 5.74) is 2.23. The van der Waals surface area contributed by atoms with Crippen LogP contribution >= 0.6 is 27.7 Å². The van der Waals surface area contributed by atoms with Gasteiger partial charge in [0.2, 0.25) is 11.8 Å². The fraction of sp³-hybridized carbons (Fsp3) is 0.462. The van der Waals surface area contributed by atoms with E-state index >= 15 is 0 Å². The van der Waals surface area contributed by atoms with E-state index in [1.54, 1.807) is 16.7 Å². The Kier molecular flexibility index (Phi) is 10.1. The highest BCUT2D eigenvalue weighted by Crippen LogP contribution is 2.21. The largest absolute Gasteiger partial charge is 0.352 e. The zero-order valence-corrected chi connectivity index (χ0v) is 21.2. The molecule has 0 radical (unpaired) electrons. The van der Waals surface area contributed by atoms with E-state index in [0.717, 1.165) is 28.6 Å². The van der Waals surface area contributed by atoms with Crippen molar-refractivity contribution < 1.29 is 9.59 Å². The third-order valence-corrected chi connectivity index (χ3v) is 7.46. The lowest BCUT2D eigenvalue weighted by Gasteiger charge is -2.32. The maximum absolute atomic E-state index is 13.3. The summed E-state index contributed by atoms with van der Waals surface area (Å²) >= 11 is 5.05. The molecule has 0 bridgehead atoms. The molecule has 32 heavy (non-hydrogen) atoms. The molecule has 3 rings (SSSR count). The standard InChI is InChI=1S/C26H33BrN2O2S/c1-2-24(26(31)28-23-11-7-4-8-12-23)29(17-20-9-5-3-6-10-20)25(30)19-32-18-21-13-15-22(27)16-14-21/h3,5-6,9-10,13-16,23-24H,2,4,7-8,11-12,17-19H2,1H3,(H,28,31). The van der Waals surface area contributed by atoms with Crippen LogP contribution in [0.25, 0.3) is 0 Å². The molecule has 0 aliphatic heterocycles. The van der Waals surface area contributed by atoms with Gasteiger partial charge in [-0.25, -0.2) is 0 Å². The number of rotatable bonds is 10. The summed E-state index contributed by atoms with van der Waals surface area (Å²) in [6.45, 7) is 2.44. The van der Waals surface area contributed by atoms with Crippen LogP contribution in [0.5, 0.6) is 0 Å². The molecule has 2 amide bonds. The summed E-state index contributed by atoms with van der Waals surface area (Å²) in [6.07, 6.45) is 6.27. The molecule has 4 nitrogen and oxygen atoms in total. The van der Waals surface area contributed by atoms with Crippen molar-refractivity contribution in [1.82, 2.24) is 10.2 Å². The molecule has 1 atom stereocenters. The van der Waals surface area contributed by atoms with Crippen molar-refractivity contribution in [3.8, 4) is 0 Å². The molecule has 172 valence electrons. The molecule has 0 heterocycles. The smallest absolute Gasteiger partial charge is 0.243 e. The third kappa shape index (κ3) is 7.66. The summed E-state index contributed by atoms with van der Waals surface area (Å²) in [7, 11) is 0. The zero-order valence-electron chi connectivity index (χ0n) is 18.8. The first-order valence-corrected chi connectivity index (χ1v) is 13.5. The van der Waals surface area contributed by atoms with Gasteiger partial charge in [0.25, 0.3) is 0 Å². The van der Waals surface area contributed by atoms with Crippen molar-refractivity contribution in [2.45, 2.75) is 69.8 Å². The van der Waals surface area contributed by atoms with Crippen LogP contribution in [0.3, 0.4) is 0 Å². The van der Waals surface area contributed by atoms with Crippen molar-refractivity contribution in [3.63, 3.8) is 0 Å². The molecule has 2 aromatic rings. The maximum Gasteiger partial charge on any atom is 0.243 e. The second-order valence-corrected chi connectivity index (χ2v) is 10.3. The quantitative estimate of drug-likeness (QED) is 0.425. The molecule has 0 aromatic heterocycles. The van der Waals surface area contributed by atoms with Gasteiger partial charge in [0.15, 0.2) is 0 Å². The molecular formula is C26H33BrN2O2S. The van der Waals surface area contributed by atoms with Gasteiger partial charge < -0.3 is 10.2 Å². The average Bonchev–Trinajstić information content (AvgIpc) is 2.81. The lowest BCUT2D eigenvalue weighted by Crippen LogP contribution is -2.52. The van der Waals surface area contributed by atoms with E-state index in [2.05, 4.69) is 33.4 Å². The molecule has 1 unspecified atom stereocenters. The predicted molar refractivity (Wildman–Crippen MR) is 136 cm³/mol. The molecule has 1 aliphatic rings. The van der Waals surface area contributed by atoms with Crippen molar-refractivity contribution in [1.29, 1.82) is 0 Å². The van der Waals surface area contributed by atoms with E-state index in [9.17, 15) is 9.59 Å². The average molecular weight is 518 g/mol. The Bertz CT molecular complexity index is 854. The van der Waals surface area contributed by atoms with E-state index in [-0.39, 0.29) is 17.9 Å². The van der Waals surface area contributed by atoms with Gasteiger partial charge in [-0.15, -0.1) is 11.8 Å². The van der Waals surface area contributed by atoms with Crippen LogP contribution in [0.1, 0.15) is 56.6 Å². The number of nitrogens with one attached hydrogen (secondary N) is 1. The van der Waals surface area contributed by atoms with Crippen LogP contribution in [-0.2, 0) is 21.9 Å². The van der Waals surface area contributed by atoms with Gasteiger partial charge in [-0.3, -0.25) is 9.59 Å². The minimum absolute atomic E-state index is 0.0124. The van der Waals surface area contributed by atoms with Gasteiger partial charge >= 0.3 is 0 Å². The van der Waals surface area contributed by atoms with Gasteiger partial charge in [-0.05, 0) is 42.5 Å². The minimum atomic E-state index is -0.446. The fourth-order valence-electron chi connectivity index (χ4n) is 4.16. The topological polar surface area (TPSA) is 49.4 Å². The van der Waals surface area contributed by atoms with Gasteiger partial charge in [-0.2, -0.15) is 0 Å². The second kappa shape index (κ2) is 13.0. The van der Waals surface area contributed by atoms with Crippen molar-refractivity contribution in [3.05, 3.63) is 70.2 Å². The lowest BCUT2D eigenvalue weighted by molar-refractivity contribution is -0.139. The van der Waals surface area contributed by atoms with E-state index in [4.69, 9.17) is 0 Å². The van der Waals surface area contributed by atoms with Crippen LogP contribution in [0.2, 0.25) is 0 Å². The Morgan fingerprint density at radius 1 is 1.03 bits per heavy atom. The normalized spacial score (nSPS) is 15.2. The molecule has 1 saturated carbocycles. The highest BCUT2D eigenvalue weighted by atomic mass is 79.9. The van der Waals surface area contributed by atoms with Crippen LogP contribution in [0.4, 0.5) is 0 Å². The van der Waals surface area contributed by atoms with Crippen molar-refractivity contribution >= 4 is 39.5 Å². The van der Waals surface area contributed by atoms with Crippen LogP contribution in [-0.4, -0.2) is 34.6 Å². The second-order valence-electron chi connectivity index (χ2n) is 8.39. The Morgan fingerprint density at radius 3 is 2.38 bits per heavy atom. The minimum Gasteiger partial charge on any atom is -0.352 e. The van der Waals surface area contributed by atoms with Crippen LogP contribution < -0.4 is 5.32 Å². The number of hydrogen-bond acceptors (Lipinski definition) is 3. The van der Waals surface area contributed by atoms with Gasteiger partial charge in [0.05, 0.1) is 5.75 Å². The van der Waals surface area contributed by atoms with E-state index in [0.29, 0.717) is 18.7 Å². The summed E-state index contributed by atoms with van der Waals surface area (Å²) in [4.78, 5) is 28.3. The van der Waals surface area contributed by atoms with Crippen LogP contribution in [0.15, 0.2) is 59.1 Å². The number of nitrogens with zero attached hydrogens (tertiary/aromatic N) is 1. The SMILES string of the molecule is CCC(C(=O)NC1CCCCC1)N(Cc1ccccc1)C(=O)CSCc1ccc(Br)cc1. The molecule has 0 spiro atoms. The zero-order chi connectivity index (χ0) is 22.8. The van der Waals surface area contributed by atoms with Gasteiger partial charge in [0.1, 0.15) is 6.04 Å². The number of thioether (sulfide) groups is 1. The van der Waals surface area contributed by atoms with E-state index in [1.807, 2.05) is 49.4 Å². The van der Waals surface area contributed by atoms with Crippen LogP contribution in [0, 0.1) is 0 Å². The monoisotopic (exact) mass is 516 g/mol. The fourth-order valence-corrected chi connectivity index (χ4v) is 5.30. The highest BCUT2D eigenvalue weighted by Gasteiger charge is 2.30. The third-order valence-electron chi connectivity index (χ3n) is 5.94. The first-order valence-electron chi connectivity index (χ1n) is 11.5.